The van der Waals surface area contributed by atoms with Gasteiger partial charge >= 0.3 is 0 Å². The van der Waals surface area contributed by atoms with E-state index < -0.39 is 6.10 Å². The third kappa shape index (κ3) is 5.05. The van der Waals surface area contributed by atoms with Gasteiger partial charge in [0.05, 0.1) is 6.61 Å². The van der Waals surface area contributed by atoms with Gasteiger partial charge < -0.3 is 14.7 Å². The molecule has 0 aromatic heterocycles. The van der Waals surface area contributed by atoms with Crippen molar-refractivity contribution in [1.82, 2.24) is 4.90 Å². The van der Waals surface area contributed by atoms with Crippen LogP contribution in [0.1, 0.15) is 40.0 Å². The smallest absolute Gasteiger partial charge is 0.263 e. The van der Waals surface area contributed by atoms with E-state index >= 15 is 0 Å². The molecule has 0 spiro atoms. The van der Waals surface area contributed by atoms with Gasteiger partial charge in [-0.25, -0.2) is 0 Å². The lowest BCUT2D eigenvalue weighted by Gasteiger charge is -2.33. The highest BCUT2D eigenvalue weighted by atomic mass is 16.5. The second kappa shape index (κ2) is 9.40. The van der Waals surface area contributed by atoms with Gasteiger partial charge in [-0.1, -0.05) is 39.0 Å². The third-order valence-corrected chi connectivity index (χ3v) is 3.68. The maximum absolute atomic E-state index is 12.7. The first kappa shape index (κ1) is 17.5. The molecule has 1 aromatic carbocycles. The molecular formula is C17H27NO3. The van der Waals surface area contributed by atoms with Crippen molar-refractivity contribution < 1.29 is 14.6 Å². The number of amides is 1. The van der Waals surface area contributed by atoms with E-state index in [2.05, 4.69) is 13.8 Å². The number of ether oxygens (including phenoxy) is 1. The summed E-state index contributed by atoms with van der Waals surface area (Å²) in [4.78, 5) is 14.5. The van der Waals surface area contributed by atoms with E-state index in [1.165, 1.54) is 0 Å². The summed E-state index contributed by atoms with van der Waals surface area (Å²) in [6.07, 6.45) is 1.86. The summed E-state index contributed by atoms with van der Waals surface area (Å²) in [7, 11) is 0. The summed E-state index contributed by atoms with van der Waals surface area (Å²) >= 11 is 0. The molecule has 0 heterocycles. The summed E-state index contributed by atoms with van der Waals surface area (Å²) in [5.41, 5.74) is 0. The van der Waals surface area contributed by atoms with Crippen LogP contribution in [0.2, 0.25) is 0 Å². The zero-order valence-corrected chi connectivity index (χ0v) is 13.3. The minimum atomic E-state index is -0.500. The van der Waals surface area contributed by atoms with Crippen LogP contribution < -0.4 is 4.74 Å². The molecule has 1 aromatic rings. The van der Waals surface area contributed by atoms with E-state index in [0.29, 0.717) is 18.7 Å². The molecule has 1 unspecified atom stereocenters. The Hall–Kier alpha value is -1.55. The Balaban J connectivity index is 2.83. The van der Waals surface area contributed by atoms with Gasteiger partial charge in [0.25, 0.3) is 5.91 Å². The van der Waals surface area contributed by atoms with E-state index in [9.17, 15) is 9.90 Å². The molecule has 1 atom stereocenters. The van der Waals surface area contributed by atoms with Crippen LogP contribution in [-0.4, -0.2) is 41.2 Å². The van der Waals surface area contributed by atoms with Crippen molar-refractivity contribution in [1.29, 1.82) is 0 Å². The fourth-order valence-electron chi connectivity index (χ4n) is 2.47. The normalized spacial score (nSPS) is 12.2. The summed E-state index contributed by atoms with van der Waals surface area (Å²) in [5, 5.41) is 9.24. The van der Waals surface area contributed by atoms with Gasteiger partial charge in [-0.15, -0.1) is 0 Å². The van der Waals surface area contributed by atoms with Gasteiger partial charge in [0.15, 0.2) is 6.10 Å². The van der Waals surface area contributed by atoms with Crippen LogP contribution >= 0.6 is 0 Å². The lowest BCUT2D eigenvalue weighted by molar-refractivity contribution is -0.142. The molecule has 0 aliphatic heterocycles. The Labute approximate surface area is 127 Å². The van der Waals surface area contributed by atoms with E-state index in [4.69, 9.17) is 4.74 Å². The zero-order chi connectivity index (χ0) is 15.7. The van der Waals surface area contributed by atoms with Gasteiger partial charge in [0, 0.05) is 12.6 Å². The van der Waals surface area contributed by atoms with Gasteiger partial charge in [-0.05, 0) is 31.4 Å². The average Bonchev–Trinajstić information content (AvgIpc) is 2.53. The summed E-state index contributed by atoms with van der Waals surface area (Å²) in [6.45, 7) is 6.40. The monoisotopic (exact) mass is 293 g/mol. The highest BCUT2D eigenvalue weighted by molar-refractivity contribution is 5.81. The molecule has 21 heavy (non-hydrogen) atoms. The number of aliphatic hydroxyl groups excluding tert-OH is 1. The molecule has 0 fully saturated rings. The molecule has 0 bridgehead atoms. The van der Waals surface area contributed by atoms with Gasteiger partial charge in [-0.3, -0.25) is 4.79 Å². The number of carbonyl (C=O) groups excluding carboxylic acids is 1. The Kier molecular flexibility index (Phi) is 7.83. The molecule has 0 radical (unpaired) electrons. The summed E-state index contributed by atoms with van der Waals surface area (Å²) in [5.74, 6) is 0.662. The standard InChI is InChI=1S/C17H27NO3/c1-4-14(5-2)18(12-13-19)17(20)16(6-3)21-15-10-8-7-9-11-15/h7-11,14,16,19H,4-6,12-13H2,1-3H3. The van der Waals surface area contributed by atoms with Crippen molar-refractivity contribution in [3.63, 3.8) is 0 Å². The fraction of sp³-hybridized carbons (Fsp3) is 0.588. The molecule has 0 aliphatic rings. The number of hydrogen-bond donors (Lipinski definition) is 1. The Morgan fingerprint density at radius 3 is 2.24 bits per heavy atom. The van der Waals surface area contributed by atoms with Gasteiger partial charge in [0.2, 0.25) is 0 Å². The fourth-order valence-corrected chi connectivity index (χ4v) is 2.47. The van der Waals surface area contributed by atoms with E-state index in [1.807, 2.05) is 37.3 Å². The van der Waals surface area contributed by atoms with E-state index in [0.717, 1.165) is 12.8 Å². The molecule has 0 saturated heterocycles. The highest BCUT2D eigenvalue weighted by Gasteiger charge is 2.28. The molecule has 118 valence electrons. The zero-order valence-electron chi connectivity index (χ0n) is 13.3. The molecular weight excluding hydrogens is 266 g/mol. The predicted octanol–water partition coefficient (Wildman–Crippen LogP) is 2.85. The number of hydrogen-bond acceptors (Lipinski definition) is 3. The number of aliphatic hydroxyl groups is 1. The Bertz CT molecular complexity index is 404. The van der Waals surface area contributed by atoms with Crippen molar-refractivity contribution in [2.45, 2.75) is 52.2 Å². The minimum absolute atomic E-state index is 0.0238. The van der Waals surface area contributed by atoms with Crippen molar-refractivity contribution >= 4 is 5.91 Å². The third-order valence-electron chi connectivity index (χ3n) is 3.68. The SMILES string of the molecule is CCC(Oc1ccccc1)C(=O)N(CCO)C(CC)CC. The number of nitrogens with zero attached hydrogens (tertiary/aromatic N) is 1. The van der Waals surface area contributed by atoms with Crippen LogP contribution in [0.25, 0.3) is 0 Å². The first-order valence-corrected chi connectivity index (χ1v) is 7.80. The van der Waals surface area contributed by atoms with Crippen molar-refractivity contribution in [3.05, 3.63) is 30.3 Å². The first-order chi connectivity index (χ1) is 10.2. The van der Waals surface area contributed by atoms with Crippen LogP contribution in [0.15, 0.2) is 30.3 Å². The van der Waals surface area contributed by atoms with Crippen molar-refractivity contribution in [2.24, 2.45) is 0 Å². The Morgan fingerprint density at radius 1 is 1.14 bits per heavy atom. The highest BCUT2D eigenvalue weighted by Crippen LogP contribution is 2.17. The largest absolute Gasteiger partial charge is 0.481 e. The minimum Gasteiger partial charge on any atom is -0.481 e. The van der Waals surface area contributed by atoms with E-state index in [1.54, 1.807) is 4.90 Å². The molecule has 1 amide bonds. The molecule has 0 saturated carbocycles. The maximum Gasteiger partial charge on any atom is 0.263 e. The second-order valence-electron chi connectivity index (χ2n) is 5.05. The topological polar surface area (TPSA) is 49.8 Å². The summed E-state index contributed by atoms with van der Waals surface area (Å²) in [6, 6.07) is 9.54. The molecule has 1 N–H and O–H groups in total. The van der Waals surface area contributed by atoms with Crippen LogP contribution in [0, 0.1) is 0 Å². The Morgan fingerprint density at radius 2 is 1.76 bits per heavy atom. The molecule has 1 rings (SSSR count). The van der Waals surface area contributed by atoms with Crippen molar-refractivity contribution in [3.8, 4) is 5.75 Å². The average molecular weight is 293 g/mol. The maximum atomic E-state index is 12.7. The van der Waals surface area contributed by atoms with Crippen LogP contribution in [0.5, 0.6) is 5.75 Å². The summed E-state index contributed by atoms with van der Waals surface area (Å²) < 4.78 is 5.82. The van der Waals surface area contributed by atoms with Crippen LogP contribution in [0.4, 0.5) is 0 Å². The van der Waals surface area contributed by atoms with Crippen LogP contribution in [0.3, 0.4) is 0 Å². The first-order valence-electron chi connectivity index (χ1n) is 7.80. The predicted molar refractivity (Wildman–Crippen MR) is 84.3 cm³/mol. The second-order valence-corrected chi connectivity index (χ2v) is 5.05. The molecule has 4 heteroatoms. The van der Waals surface area contributed by atoms with Gasteiger partial charge in [0.1, 0.15) is 5.75 Å². The number of para-hydroxylation sites is 1. The lowest BCUT2D eigenvalue weighted by Crippen LogP contribution is -2.48. The van der Waals surface area contributed by atoms with Gasteiger partial charge in [-0.2, -0.15) is 0 Å². The molecule has 4 nitrogen and oxygen atoms in total. The number of benzene rings is 1. The molecule has 0 aliphatic carbocycles. The van der Waals surface area contributed by atoms with Crippen LogP contribution in [-0.2, 0) is 4.79 Å². The van der Waals surface area contributed by atoms with E-state index in [-0.39, 0.29) is 18.6 Å². The lowest BCUT2D eigenvalue weighted by atomic mass is 10.1. The number of carbonyl (C=O) groups is 1. The quantitative estimate of drug-likeness (QED) is 0.761. The number of rotatable bonds is 9. The van der Waals surface area contributed by atoms with Crippen molar-refractivity contribution in [2.75, 3.05) is 13.2 Å².